The van der Waals surface area contributed by atoms with Crippen LogP contribution in [0.3, 0.4) is 0 Å². The van der Waals surface area contributed by atoms with Crippen LogP contribution in [0.5, 0.6) is 11.5 Å². The van der Waals surface area contributed by atoms with Gasteiger partial charge >= 0.3 is 0 Å². The standard InChI is InChI=1S/C24H22N2O4/c1-29-20-11-16-9-10-25(13-17(16)12-21(20)30-2)22(27)14-26-19-8-4-6-15-5-3-7-18(23(15)19)24(26)28/h3-8,11-12H,9-10,13-14H2,1-2H3. The molecule has 3 aromatic carbocycles. The van der Waals surface area contributed by atoms with Gasteiger partial charge in [-0.2, -0.15) is 0 Å². The molecule has 2 aliphatic heterocycles. The number of methoxy groups -OCH3 is 2. The summed E-state index contributed by atoms with van der Waals surface area (Å²) in [5.74, 6) is 1.18. The van der Waals surface area contributed by atoms with Gasteiger partial charge in [0.15, 0.2) is 11.5 Å². The molecule has 0 unspecified atom stereocenters. The van der Waals surface area contributed by atoms with Gasteiger partial charge in [0.2, 0.25) is 5.91 Å². The molecule has 2 aliphatic rings. The van der Waals surface area contributed by atoms with Crippen molar-refractivity contribution in [2.24, 2.45) is 0 Å². The third-order valence-electron chi connectivity index (χ3n) is 6.01. The zero-order chi connectivity index (χ0) is 20.8. The van der Waals surface area contributed by atoms with Crippen molar-refractivity contribution in [3.63, 3.8) is 0 Å². The molecule has 0 saturated heterocycles. The summed E-state index contributed by atoms with van der Waals surface area (Å²) in [5.41, 5.74) is 3.68. The van der Waals surface area contributed by atoms with E-state index in [4.69, 9.17) is 9.47 Å². The molecule has 0 aromatic heterocycles. The fraction of sp³-hybridized carbons (Fsp3) is 0.250. The van der Waals surface area contributed by atoms with Crippen molar-refractivity contribution in [3.05, 3.63) is 65.2 Å². The van der Waals surface area contributed by atoms with Crippen LogP contribution in [-0.4, -0.2) is 44.0 Å². The number of benzene rings is 3. The number of hydrogen-bond acceptors (Lipinski definition) is 4. The third-order valence-corrected chi connectivity index (χ3v) is 6.01. The molecule has 2 heterocycles. The van der Waals surface area contributed by atoms with Gasteiger partial charge < -0.3 is 14.4 Å². The maximum atomic E-state index is 13.1. The number of anilines is 1. The summed E-state index contributed by atoms with van der Waals surface area (Å²) in [4.78, 5) is 29.5. The van der Waals surface area contributed by atoms with Crippen LogP contribution < -0.4 is 14.4 Å². The van der Waals surface area contributed by atoms with Crippen molar-refractivity contribution < 1.29 is 19.1 Å². The Labute approximate surface area is 174 Å². The molecular formula is C24H22N2O4. The Morgan fingerprint density at radius 1 is 1.00 bits per heavy atom. The van der Waals surface area contributed by atoms with Crippen molar-refractivity contribution in [3.8, 4) is 11.5 Å². The summed E-state index contributed by atoms with van der Waals surface area (Å²) in [6.45, 7) is 1.14. The van der Waals surface area contributed by atoms with E-state index in [0.717, 1.165) is 34.0 Å². The largest absolute Gasteiger partial charge is 0.493 e. The Morgan fingerprint density at radius 3 is 2.43 bits per heavy atom. The summed E-state index contributed by atoms with van der Waals surface area (Å²) in [6, 6.07) is 15.4. The summed E-state index contributed by atoms with van der Waals surface area (Å²) < 4.78 is 10.8. The van der Waals surface area contributed by atoms with Crippen LogP contribution in [0.25, 0.3) is 10.8 Å². The second kappa shape index (κ2) is 7.06. The van der Waals surface area contributed by atoms with Crippen LogP contribution in [0.15, 0.2) is 48.5 Å². The average Bonchev–Trinajstić information content (AvgIpc) is 3.05. The first-order chi connectivity index (χ1) is 14.6. The van der Waals surface area contributed by atoms with Gasteiger partial charge in [-0.05, 0) is 47.2 Å². The van der Waals surface area contributed by atoms with Crippen molar-refractivity contribution in [2.75, 3.05) is 32.2 Å². The van der Waals surface area contributed by atoms with Gasteiger partial charge in [0.1, 0.15) is 6.54 Å². The van der Waals surface area contributed by atoms with Crippen molar-refractivity contribution in [2.45, 2.75) is 13.0 Å². The van der Waals surface area contributed by atoms with Crippen LogP contribution in [0.4, 0.5) is 5.69 Å². The number of rotatable bonds is 4. The highest BCUT2D eigenvalue weighted by Gasteiger charge is 2.32. The second-order valence-corrected chi connectivity index (χ2v) is 7.61. The molecule has 0 radical (unpaired) electrons. The lowest BCUT2D eigenvalue weighted by Crippen LogP contribution is -2.43. The summed E-state index contributed by atoms with van der Waals surface area (Å²) in [6.07, 6.45) is 0.741. The van der Waals surface area contributed by atoms with Gasteiger partial charge in [-0.15, -0.1) is 0 Å². The summed E-state index contributed by atoms with van der Waals surface area (Å²) in [7, 11) is 3.22. The highest BCUT2D eigenvalue weighted by molar-refractivity contribution is 6.26. The number of fused-ring (bicyclic) bond motifs is 1. The van der Waals surface area contributed by atoms with Crippen molar-refractivity contribution in [1.82, 2.24) is 4.90 Å². The van der Waals surface area contributed by atoms with E-state index in [1.807, 2.05) is 53.4 Å². The molecule has 6 nitrogen and oxygen atoms in total. The molecule has 0 spiro atoms. The van der Waals surface area contributed by atoms with E-state index >= 15 is 0 Å². The van der Waals surface area contributed by atoms with E-state index < -0.39 is 0 Å². The van der Waals surface area contributed by atoms with Gasteiger partial charge in [0.25, 0.3) is 5.91 Å². The molecule has 2 amide bonds. The zero-order valence-electron chi connectivity index (χ0n) is 17.0. The van der Waals surface area contributed by atoms with Gasteiger partial charge in [-0.1, -0.05) is 24.3 Å². The second-order valence-electron chi connectivity index (χ2n) is 7.61. The molecule has 0 N–H and O–H groups in total. The van der Waals surface area contributed by atoms with E-state index in [1.165, 1.54) is 0 Å². The zero-order valence-corrected chi connectivity index (χ0v) is 17.0. The number of ether oxygens (including phenoxy) is 2. The Kier molecular flexibility index (Phi) is 4.35. The van der Waals surface area contributed by atoms with Gasteiger partial charge in [-0.3, -0.25) is 14.5 Å². The molecule has 152 valence electrons. The van der Waals surface area contributed by atoms with Crippen LogP contribution >= 0.6 is 0 Å². The molecule has 5 rings (SSSR count). The monoisotopic (exact) mass is 402 g/mol. The molecule has 0 saturated carbocycles. The van der Waals surface area contributed by atoms with Crippen molar-refractivity contribution >= 4 is 28.3 Å². The van der Waals surface area contributed by atoms with E-state index in [2.05, 4.69) is 0 Å². The fourth-order valence-corrected chi connectivity index (χ4v) is 4.47. The first-order valence-corrected chi connectivity index (χ1v) is 9.96. The Balaban J connectivity index is 1.39. The maximum absolute atomic E-state index is 13.1. The van der Waals surface area contributed by atoms with Gasteiger partial charge in [0.05, 0.1) is 19.9 Å². The minimum absolute atomic E-state index is 0.0370. The lowest BCUT2D eigenvalue weighted by molar-refractivity contribution is -0.130. The van der Waals surface area contributed by atoms with E-state index in [1.54, 1.807) is 19.1 Å². The molecule has 3 aromatic rings. The minimum Gasteiger partial charge on any atom is -0.493 e. The number of carbonyl (C=O) groups is 2. The quantitative estimate of drug-likeness (QED) is 0.671. The molecule has 0 fully saturated rings. The van der Waals surface area contributed by atoms with Crippen LogP contribution in [0.2, 0.25) is 0 Å². The highest BCUT2D eigenvalue weighted by atomic mass is 16.5. The normalized spacial score (nSPS) is 14.8. The summed E-state index contributed by atoms with van der Waals surface area (Å²) in [5, 5.41) is 1.94. The van der Waals surface area contributed by atoms with Crippen LogP contribution in [-0.2, 0) is 17.8 Å². The number of nitrogens with zero attached hydrogens (tertiary/aromatic N) is 2. The number of amides is 2. The Hall–Kier alpha value is -3.54. The first-order valence-electron chi connectivity index (χ1n) is 9.96. The topological polar surface area (TPSA) is 59.1 Å². The predicted molar refractivity (Wildman–Crippen MR) is 114 cm³/mol. The van der Waals surface area contributed by atoms with E-state index in [-0.39, 0.29) is 18.4 Å². The third kappa shape index (κ3) is 2.79. The minimum atomic E-state index is -0.112. The van der Waals surface area contributed by atoms with E-state index in [9.17, 15) is 9.59 Å². The highest BCUT2D eigenvalue weighted by Crippen LogP contribution is 2.37. The SMILES string of the molecule is COc1cc2c(cc1OC)CN(C(=O)CN1C(=O)c3cccc4cccc1c34)CC2. The molecule has 0 atom stereocenters. The summed E-state index contributed by atoms with van der Waals surface area (Å²) >= 11 is 0. The number of hydrogen-bond donors (Lipinski definition) is 0. The van der Waals surface area contributed by atoms with Gasteiger partial charge in [-0.25, -0.2) is 0 Å². The molecular weight excluding hydrogens is 380 g/mol. The lowest BCUT2D eigenvalue weighted by Gasteiger charge is -2.31. The maximum Gasteiger partial charge on any atom is 0.259 e. The van der Waals surface area contributed by atoms with Crippen LogP contribution in [0.1, 0.15) is 21.5 Å². The lowest BCUT2D eigenvalue weighted by atomic mass is 9.98. The smallest absolute Gasteiger partial charge is 0.259 e. The predicted octanol–water partition coefficient (Wildman–Crippen LogP) is 3.40. The molecule has 30 heavy (non-hydrogen) atoms. The average molecular weight is 402 g/mol. The van der Waals surface area contributed by atoms with Crippen molar-refractivity contribution in [1.29, 1.82) is 0 Å². The van der Waals surface area contributed by atoms with Crippen LogP contribution in [0, 0.1) is 0 Å². The Morgan fingerprint density at radius 2 is 1.70 bits per heavy atom. The number of carbonyl (C=O) groups excluding carboxylic acids is 2. The molecule has 0 aliphatic carbocycles. The van der Waals surface area contributed by atoms with Gasteiger partial charge in [0, 0.05) is 24.0 Å². The Bertz CT molecular complexity index is 1180. The molecule has 0 bridgehead atoms. The first kappa shape index (κ1) is 18.5. The fourth-order valence-electron chi connectivity index (χ4n) is 4.47. The van der Waals surface area contributed by atoms with E-state index in [0.29, 0.717) is 30.2 Å². The molecule has 6 heteroatoms.